The van der Waals surface area contributed by atoms with Crippen LogP contribution in [0.25, 0.3) is 0 Å². The van der Waals surface area contributed by atoms with Crippen molar-refractivity contribution < 1.29 is 9.47 Å². The quantitative estimate of drug-likeness (QED) is 0.798. The summed E-state index contributed by atoms with van der Waals surface area (Å²) < 4.78 is 10.1. The van der Waals surface area contributed by atoms with Gasteiger partial charge in [0.15, 0.2) is 0 Å². The molecule has 1 aromatic heterocycles. The van der Waals surface area contributed by atoms with Gasteiger partial charge in [-0.25, -0.2) is 0 Å². The number of alkyl halides is 1. The Morgan fingerprint density at radius 3 is 2.25 bits per heavy atom. The Morgan fingerprint density at radius 1 is 1.31 bits per heavy atom. The Balaban J connectivity index is 2.19. The van der Waals surface area contributed by atoms with Gasteiger partial charge < -0.3 is 14.8 Å². The van der Waals surface area contributed by atoms with Crippen LogP contribution in [-0.4, -0.2) is 35.6 Å². The fourth-order valence-corrected chi connectivity index (χ4v) is 1.68. The van der Waals surface area contributed by atoms with Crippen LogP contribution in [0.3, 0.4) is 0 Å². The van der Waals surface area contributed by atoms with Crippen molar-refractivity contribution in [3.63, 3.8) is 0 Å². The molecule has 0 amide bonds. The van der Waals surface area contributed by atoms with E-state index >= 15 is 0 Å². The van der Waals surface area contributed by atoms with E-state index in [1.165, 1.54) is 0 Å². The van der Waals surface area contributed by atoms with Crippen molar-refractivity contribution in [2.75, 3.05) is 25.4 Å². The Bertz CT molecular complexity index is 360. The van der Waals surface area contributed by atoms with Gasteiger partial charge >= 0.3 is 0 Å². The predicted octanol–water partition coefficient (Wildman–Crippen LogP) is 1.68. The molecule has 0 spiro atoms. The molecule has 6 heteroatoms. The van der Waals surface area contributed by atoms with E-state index in [0.29, 0.717) is 23.6 Å². The molecule has 0 saturated heterocycles. The van der Waals surface area contributed by atoms with Crippen LogP contribution in [0.1, 0.15) is 12.8 Å². The van der Waals surface area contributed by atoms with Gasteiger partial charge in [0, 0.05) is 5.88 Å². The number of rotatable bonds is 5. The standard InChI is InChI=1S/C10H14ClN3O2/c1-15-7-5-8(16-2)13-9(12-7)14-10(6-11)3-4-10/h5H,3-4,6H2,1-2H3,(H,12,13,14). The van der Waals surface area contributed by atoms with Crippen LogP contribution in [0.5, 0.6) is 11.8 Å². The molecular formula is C10H14ClN3O2. The number of hydrogen-bond acceptors (Lipinski definition) is 5. The average Bonchev–Trinajstić information content (AvgIpc) is 3.09. The summed E-state index contributed by atoms with van der Waals surface area (Å²) in [6.45, 7) is 0. The van der Waals surface area contributed by atoms with Crippen molar-refractivity contribution in [2.24, 2.45) is 0 Å². The van der Waals surface area contributed by atoms with E-state index in [-0.39, 0.29) is 5.54 Å². The van der Waals surface area contributed by atoms with Gasteiger partial charge in [0.1, 0.15) is 0 Å². The van der Waals surface area contributed by atoms with Crippen molar-refractivity contribution in [3.05, 3.63) is 6.07 Å². The third-order valence-corrected chi connectivity index (χ3v) is 3.10. The maximum absolute atomic E-state index is 5.87. The average molecular weight is 244 g/mol. The van der Waals surface area contributed by atoms with Crippen molar-refractivity contribution in [2.45, 2.75) is 18.4 Å². The highest BCUT2D eigenvalue weighted by Gasteiger charge is 2.42. The molecule has 1 aliphatic rings. The second-order valence-electron chi connectivity index (χ2n) is 3.82. The van der Waals surface area contributed by atoms with Crippen LogP contribution >= 0.6 is 11.6 Å². The first-order valence-corrected chi connectivity index (χ1v) is 5.56. The highest BCUT2D eigenvalue weighted by molar-refractivity contribution is 6.19. The van der Waals surface area contributed by atoms with E-state index < -0.39 is 0 Å². The van der Waals surface area contributed by atoms with E-state index in [9.17, 15) is 0 Å². The summed E-state index contributed by atoms with van der Waals surface area (Å²) in [4.78, 5) is 8.38. The van der Waals surface area contributed by atoms with E-state index in [1.807, 2.05) is 0 Å². The topological polar surface area (TPSA) is 56.3 Å². The summed E-state index contributed by atoms with van der Waals surface area (Å²) >= 11 is 5.87. The van der Waals surface area contributed by atoms with Crippen LogP contribution in [0.2, 0.25) is 0 Å². The lowest BCUT2D eigenvalue weighted by Crippen LogP contribution is -2.24. The lowest BCUT2D eigenvalue weighted by atomic mass is 10.3. The summed E-state index contributed by atoms with van der Waals surface area (Å²) in [5.41, 5.74) is -0.0427. The van der Waals surface area contributed by atoms with Gasteiger partial charge in [-0.1, -0.05) is 0 Å². The maximum Gasteiger partial charge on any atom is 0.229 e. The number of halogens is 1. The summed E-state index contributed by atoms with van der Waals surface area (Å²) in [7, 11) is 3.11. The Hall–Kier alpha value is -1.23. The highest BCUT2D eigenvalue weighted by atomic mass is 35.5. The number of ether oxygens (including phenoxy) is 2. The third-order valence-electron chi connectivity index (χ3n) is 2.58. The largest absolute Gasteiger partial charge is 0.481 e. The molecule has 0 radical (unpaired) electrons. The van der Waals surface area contributed by atoms with Crippen molar-refractivity contribution in [3.8, 4) is 11.8 Å². The van der Waals surface area contributed by atoms with Crippen LogP contribution in [0, 0.1) is 0 Å². The van der Waals surface area contributed by atoms with E-state index in [1.54, 1.807) is 20.3 Å². The number of nitrogens with one attached hydrogen (secondary N) is 1. The fraction of sp³-hybridized carbons (Fsp3) is 0.600. The molecule has 0 aliphatic heterocycles. The van der Waals surface area contributed by atoms with Gasteiger partial charge in [-0.15, -0.1) is 11.6 Å². The number of nitrogens with zero attached hydrogens (tertiary/aromatic N) is 2. The second kappa shape index (κ2) is 4.33. The Morgan fingerprint density at radius 2 is 1.88 bits per heavy atom. The number of aromatic nitrogens is 2. The smallest absolute Gasteiger partial charge is 0.229 e. The number of anilines is 1. The first kappa shape index (κ1) is 11.3. The van der Waals surface area contributed by atoms with Crippen molar-refractivity contribution >= 4 is 17.5 Å². The molecule has 1 aliphatic carbocycles. The molecule has 0 atom stereocenters. The first-order chi connectivity index (χ1) is 7.71. The molecule has 0 bridgehead atoms. The summed E-state index contributed by atoms with van der Waals surface area (Å²) in [5.74, 6) is 1.99. The third kappa shape index (κ3) is 2.29. The minimum atomic E-state index is -0.0427. The highest BCUT2D eigenvalue weighted by Crippen LogP contribution is 2.39. The van der Waals surface area contributed by atoms with Gasteiger partial charge in [-0.3, -0.25) is 0 Å². The van der Waals surface area contributed by atoms with Gasteiger partial charge in [-0.05, 0) is 12.8 Å². The SMILES string of the molecule is COc1cc(OC)nc(NC2(CCl)CC2)n1. The zero-order chi connectivity index (χ0) is 11.6. The lowest BCUT2D eigenvalue weighted by molar-refractivity contribution is 0.372. The van der Waals surface area contributed by atoms with Crippen LogP contribution < -0.4 is 14.8 Å². The van der Waals surface area contributed by atoms with Crippen molar-refractivity contribution in [1.29, 1.82) is 0 Å². The molecule has 1 saturated carbocycles. The minimum absolute atomic E-state index is 0.0427. The normalized spacial score (nSPS) is 16.7. The minimum Gasteiger partial charge on any atom is -0.481 e. The zero-order valence-corrected chi connectivity index (χ0v) is 10.0. The molecule has 1 N–H and O–H groups in total. The van der Waals surface area contributed by atoms with E-state index in [2.05, 4.69) is 15.3 Å². The maximum atomic E-state index is 5.87. The molecule has 16 heavy (non-hydrogen) atoms. The van der Waals surface area contributed by atoms with Crippen LogP contribution in [-0.2, 0) is 0 Å². The Kier molecular flexibility index (Phi) is 3.05. The molecule has 1 aromatic rings. The van der Waals surface area contributed by atoms with E-state index in [4.69, 9.17) is 21.1 Å². The van der Waals surface area contributed by atoms with Crippen LogP contribution in [0.4, 0.5) is 5.95 Å². The first-order valence-electron chi connectivity index (χ1n) is 5.02. The van der Waals surface area contributed by atoms with E-state index in [0.717, 1.165) is 12.8 Å². The molecule has 5 nitrogen and oxygen atoms in total. The molecule has 0 aromatic carbocycles. The van der Waals surface area contributed by atoms with Gasteiger partial charge in [0.2, 0.25) is 17.7 Å². The monoisotopic (exact) mass is 243 g/mol. The second-order valence-corrected chi connectivity index (χ2v) is 4.08. The summed E-state index contributed by atoms with van der Waals surface area (Å²) in [5, 5.41) is 3.21. The molecule has 2 rings (SSSR count). The lowest BCUT2D eigenvalue weighted by Gasteiger charge is -2.14. The summed E-state index contributed by atoms with van der Waals surface area (Å²) in [6.07, 6.45) is 2.08. The fourth-order valence-electron chi connectivity index (χ4n) is 1.35. The van der Waals surface area contributed by atoms with Gasteiger partial charge in [-0.2, -0.15) is 9.97 Å². The predicted molar refractivity (Wildman–Crippen MR) is 61.4 cm³/mol. The molecule has 0 unspecified atom stereocenters. The van der Waals surface area contributed by atoms with Gasteiger partial charge in [0.05, 0.1) is 25.8 Å². The molecule has 88 valence electrons. The van der Waals surface area contributed by atoms with Gasteiger partial charge in [0.25, 0.3) is 0 Å². The summed E-state index contributed by atoms with van der Waals surface area (Å²) in [6, 6.07) is 1.63. The molecule has 1 heterocycles. The molecule has 1 fully saturated rings. The Labute approximate surface area is 99.1 Å². The zero-order valence-electron chi connectivity index (χ0n) is 9.29. The molecular weight excluding hydrogens is 230 g/mol. The number of hydrogen-bond donors (Lipinski definition) is 1. The number of methoxy groups -OCH3 is 2. The van der Waals surface area contributed by atoms with Crippen molar-refractivity contribution in [1.82, 2.24) is 9.97 Å². The van der Waals surface area contributed by atoms with Crippen LogP contribution in [0.15, 0.2) is 6.07 Å².